The number of nitrogens with zero attached hydrogens (tertiary/aromatic N) is 2. The summed E-state index contributed by atoms with van der Waals surface area (Å²) in [5.41, 5.74) is 7.84. The predicted molar refractivity (Wildman–Crippen MR) is 114 cm³/mol. The smallest absolute Gasteiger partial charge is 0.225 e. The van der Waals surface area contributed by atoms with Crippen LogP contribution in [0, 0.1) is 0 Å². The summed E-state index contributed by atoms with van der Waals surface area (Å²) in [7, 11) is 0. The first-order valence-electron chi connectivity index (χ1n) is 10.4. The number of thiophene rings is 1. The number of nitrogens with two attached hydrogens (primary N) is 1. The van der Waals surface area contributed by atoms with Crippen molar-refractivity contribution in [2.75, 3.05) is 6.61 Å². The van der Waals surface area contributed by atoms with E-state index < -0.39 is 0 Å². The SMILES string of the molecule is CC.CCC1(N)CCC(Oc2ncnc3sc4c(c23)CCC4)CC1.CCO. The number of hydrogen-bond donors (Lipinski definition) is 2. The standard InChI is InChI=1S/C17H23N3OS.C2H6O.C2H6/c1-2-17(18)8-6-11(7-9-17)21-15-14-12-4-3-5-13(12)22-16(14)20-10-19-15;1-2-3;1-2/h10-11H,2-9,18H2,1H3;3H,2H2,1H3;1-2H3. The zero-order chi connectivity index (χ0) is 19.9. The summed E-state index contributed by atoms with van der Waals surface area (Å²) in [6, 6.07) is 0. The molecule has 0 aliphatic heterocycles. The summed E-state index contributed by atoms with van der Waals surface area (Å²) >= 11 is 1.81. The van der Waals surface area contributed by atoms with Crippen molar-refractivity contribution in [3.8, 4) is 5.88 Å². The normalized spacial score (nSPS) is 23.7. The van der Waals surface area contributed by atoms with Crippen molar-refractivity contribution in [2.45, 2.75) is 90.7 Å². The molecule has 152 valence electrons. The second-order valence-electron chi connectivity index (χ2n) is 7.07. The summed E-state index contributed by atoms with van der Waals surface area (Å²) in [5.74, 6) is 0.801. The van der Waals surface area contributed by atoms with Crippen LogP contribution in [0.1, 0.15) is 76.7 Å². The molecule has 27 heavy (non-hydrogen) atoms. The fourth-order valence-corrected chi connectivity index (χ4v) is 5.00. The number of aliphatic hydroxyl groups is 1. The van der Waals surface area contributed by atoms with Crippen LogP contribution in [0.4, 0.5) is 0 Å². The summed E-state index contributed by atoms with van der Waals surface area (Å²) in [5, 5.41) is 8.75. The molecule has 0 bridgehead atoms. The number of fused-ring (bicyclic) bond motifs is 3. The first-order valence-corrected chi connectivity index (χ1v) is 11.2. The minimum absolute atomic E-state index is 0.0183. The van der Waals surface area contributed by atoms with Crippen LogP contribution in [-0.4, -0.2) is 33.3 Å². The highest BCUT2D eigenvalue weighted by molar-refractivity contribution is 7.18. The van der Waals surface area contributed by atoms with E-state index in [9.17, 15) is 0 Å². The first-order chi connectivity index (χ1) is 13.1. The van der Waals surface area contributed by atoms with Crippen molar-refractivity contribution in [3.63, 3.8) is 0 Å². The number of rotatable bonds is 3. The van der Waals surface area contributed by atoms with Crippen LogP contribution in [0.2, 0.25) is 0 Å². The van der Waals surface area contributed by atoms with Gasteiger partial charge in [-0.1, -0.05) is 20.8 Å². The topological polar surface area (TPSA) is 81.3 Å². The molecule has 3 N–H and O–H groups in total. The monoisotopic (exact) mass is 393 g/mol. The predicted octanol–water partition coefficient (Wildman–Crippen LogP) is 4.63. The van der Waals surface area contributed by atoms with Gasteiger partial charge in [0.25, 0.3) is 0 Å². The van der Waals surface area contributed by atoms with Crippen LogP contribution in [-0.2, 0) is 12.8 Å². The molecule has 2 aromatic rings. The van der Waals surface area contributed by atoms with Crippen molar-refractivity contribution in [3.05, 3.63) is 16.8 Å². The molecule has 1 fully saturated rings. The highest BCUT2D eigenvalue weighted by Crippen LogP contribution is 2.41. The van der Waals surface area contributed by atoms with Crippen LogP contribution in [0.25, 0.3) is 10.2 Å². The summed E-state index contributed by atoms with van der Waals surface area (Å²) in [6.45, 7) is 8.11. The van der Waals surface area contributed by atoms with E-state index in [4.69, 9.17) is 15.6 Å². The lowest BCUT2D eigenvalue weighted by Crippen LogP contribution is -2.44. The van der Waals surface area contributed by atoms with E-state index in [-0.39, 0.29) is 18.2 Å². The first kappa shape index (κ1) is 22.1. The van der Waals surface area contributed by atoms with Gasteiger partial charge in [0.15, 0.2) is 0 Å². The fraction of sp³-hybridized carbons (Fsp3) is 0.714. The van der Waals surface area contributed by atoms with Gasteiger partial charge in [0.1, 0.15) is 17.3 Å². The van der Waals surface area contributed by atoms with Gasteiger partial charge in [0, 0.05) is 17.0 Å². The molecular formula is C21H35N3O2S. The van der Waals surface area contributed by atoms with Gasteiger partial charge in [-0.25, -0.2) is 9.97 Å². The van der Waals surface area contributed by atoms with Crippen LogP contribution >= 0.6 is 11.3 Å². The molecule has 6 heteroatoms. The number of aryl methyl sites for hydroxylation is 2. The minimum Gasteiger partial charge on any atom is -0.474 e. The molecule has 1 saturated carbocycles. The number of ether oxygens (including phenoxy) is 1. The Morgan fingerprint density at radius 3 is 2.52 bits per heavy atom. The molecular weight excluding hydrogens is 358 g/mol. The molecule has 0 atom stereocenters. The van der Waals surface area contributed by atoms with Crippen LogP contribution in [0.3, 0.4) is 0 Å². The van der Waals surface area contributed by atoms with Gasteiger partial charge in [0.05, 0.1) is 5.39 Å². The Morgan fingerprint density at radius 1 is 1.22 bits per heavy atom. The Hall–Kier alpha value is -1.24. The van der Waals surface area contributed by atoms with E-state index >= 15 is 0 Å². The van der Waals surface area contributed by atoms with Crippen molar-refractivity contribution in [1.29, 1.82) is 0 Å². The highest BCUT2D eigenvalue weighted by atomic mass is 32.1. The Bertz CT molecular complexity index is 709. The van der Waals surface area contributed by atoms with Crippen LogP contribution < -0.4 is 10.5 Å². The van der Waals surface area contributed by atoms with E-state index in [1.165, 1.54) is 28.7 Å². The van der Waals surface area contributed by atoms with E-state index in [0.29, 0.717) is 0 Å². The molecule has 0 spiro atoms. The third kappa shape index (κ3) is 5.18. The molecule has 0 saturated heterocycles. The molecule has 2 aliphatic rings. The average molecular weight is 394 g/mol. The molecule has 4 rings (SSSR count). The summed E-state index contributed by atoms with van der Waals surface area (Å²) in [4.78, 5) is 11.5. The van der Waals surface area contributed by atoms with Gasteiger partial charge in [-0.2, -0.15) is 0 Å². The largest absolute Gasteiger partial charge is 0.474 e. The van der Waals surface area contributed by atoms with Gasteiger partial charge >= 0.3 is 0 Å². The molecule has 0 unspecified atom stereocenters. The molecule has 2 aromatic heterocycles. The van der Waals surface area contributed by atoms with Crippen molar-refractivity contribution >= 4 is 21.6 Å². The fourth-order valence-electron chi connectivity index (χ4n) is 3.78. The molecule has 2 aliphatic carbocycles. The third-order valence-electron chi connectivity index (χ3n) is 5.38. The van der Waals surface area contributed by atoms with E-state index in [0.717, 1.165) is 49.2 Å². The average Bonchev–Trinajstić information content (AvgIpc) is 3.27. The maximum absolute atomic E-state index is 7.57. The van der Waals surface area contributed by atoms with E-state index in [1.54, 1.807) is 13.3 Å². The zero-order valence-electron chi connectivity index (χ0n) is 17.3. The number of aromatic nitrogens is 2. The van der Waals surface area contributed by atoms with Gasteiger partial charge < -0.3 is 15.6 Å². The summed E-state index contributed by atoms with van der Waals surface area (Å²) in [6.07, 6.45) is 10.7. The van der Waals surface area contributed by atoms with E-state index in [2.05, 4.69) is 16.9 Å². The van der Waals surface area contributed by atoms with Gasteiger partial charge in [-0.05, 0) is 63.9 Å². The Kier molecular flexibility index (Phi) is 8.45. The maximum atomic E-state index is 7.57. The van der Waals surface area contributed by atoms with Crippen LogP contribution in [0.15, 0.2) is 6.33 Å². The molecule has 2 heterocycles. The van der Waals surface area contributed by atoms with Gasteiger partial charge in [-0.3, -0.25) is 0 Å². The summed E-state index contributed by atoms with van der Waals surface area (Å²) < 4.78 is 6.29. The van der Waals surface area contributed by atoms with Crippen molar-refractivity contribution in [1.82, 2.24) is 9.97 Å². The molecule has 0 aromatic carbocycles. The maximum Gasteiger partial charge on any atom is 0.225 e. The highest BCUT2D eigenvalue weighted by Gasteiger charge is 2.32. The molecule has 0 amide bonds. The van der Waals surface area contributed by atoms with Crippen molar-refractivity contribution in [2.24, 2.45) is 5.73 Å². The lowest BCUT2D eigenvalue weighted by Gasteiger charge is -2.36. The lowest BCUT2D eigenvalue weighted by atomic mass is 9.79. The Balaban J connectivity index is 0.000000478. The lowest BCUT2D eigenvalue weighted by molar-refractivity contribution is 0.113. The Labute approximate surface area is 167 Å². The second-order valence-corrected chi connectivity index (χ2v) is 8.15. The zero-order valence-corrected chi connectivity index (χ0v) is 18.1. The van der Waals surface area contributed by atoms with Crippen LogP contribution in [0.5, 0.6) is 5.88 Å². The molecule has 5 nitrogen and oxygen atoms in total. The van der Waals surface area contributed by atoms with E-state index in [1.807, 2.05) is 25.2 Å². The van der Waals surface area contributed by atoms with Gasteiger partial charge in [-0.15, -0.1) is 11.3 Å². The number of aliphatic hydroxyl groups excluding tert-OH is 1. The number of hydrogen-bond acceptors (Lipinski definition) is 6. The molecule has 0 radical (unpaired) electrons. The second kappa shape index (κ2) is 10.3. The quantitative estimate of drug-likeness (QED) is 0.794. The van der Waals surface area contributed by atoms with Crippen molar-refractivity contribution < 1.29 is 9.84 Å². The third-order valence-corrected chi connectivity index (χ3v) is 6.58. The minimum atomic E-state index is 0.0183. The Morgan fingerprint density at radius 2 is 1.89 bits per heavy atom. The van der Waals surface area contributed by atoms with Gasteiger partial charge in [0.2, 0.25) is 5.88 Å².